The summed E-state index contributed by atoms with van der Waals surface area (Å²) < 4.78 is 36.0. The Morgan fingerprint density at radius 1 is 0.392 bits per heavy atom. The highest BCUT2D eigenvalue weighted by Gasteiger charge is 2.40. The highest BCUT2D eigenvalue weighted by Crippen LogP contribution is 2.51. The molecule has 0 amide bonds. The summed E-state index contributed by atoms with van der Waals surface area (Å²) in [5.74, 6) is 2.63. The van der Waals surface area contributed by atoms with Crippen molar-refractivity contribution in [1.29, 1.82) is 0 Å². The van der Waals surface area contributed by atoms with Crippen molar-refractivity contribution in [1.82, 2.24) is 29.9 Å². The lowest BCUT2D eigenvalue weighted by Crippen LogP contribution is -2.42. The summed E-state index contributed by atoms with van der Waals surface area (Å²) in [6.45, 7) is 20.3. The van der Waals surface area contributed by atoms with Gasteiger partial charge in [-0.1, -0.05) is 36.4 Å². The summed E-state index contributed by atoms with van der Waals surface area (Å²) in [6, 6.07) is 35.1. The van der Waals surface area contributed by atoms with Crippen LogP contribution >= 0.6 is 0 Å². The maximum Gasteiger partial charge on any atom is 0.227 e. The second-order valence-corrected chi connectivity index (χ2v) is 21.0. The lowest BCUT2D eigenvalue weighted by molar-refractivity contribution is 0.597. The molecule has 0 fully saturated rings. The van der Waals surface area contributed by atoms with Crippen molar-refractivity contribution in [2.24, 2.45) is 0 Å². The molecule has 15 heteroatoms. The number of pyridine rings is 6. The molecule has 15 rings (SSSR count). The molecule has 15 nitrogen and oxygen atoms in total. The topological polar surface area (TPSA) is 136 Å². The molecule has 0 saturated carbocycles. The molecule has 0 N–H and O–H groups in total. The number of rotatable bonds is 5. The van der Waals surface area contributed by atoms with Gasteiger partial charge in [0.15, 0.2) is 34.2 Å². The lowest BCUT2D eigenvalue weighted by atomic mass is 10.1. The third-order valence-electron chi connectivity index (χ3n) is 15.8. The Morgan fingerprint density at radius 3 is 1.05 bits per heavy atom. The van der Waals surface area contributed by atoms with E-state index in [1.807, 2.05) is 92.2 Å². The normalized spacial score (nSPS) is 17.4. The van der Waals surface area contributed by atoms with Crippen molar-refractivity contribution in [2.75, 3.05) is 36.4 Å². The number of aryl methyl sites for hydroxylation is 3. The summed E-state index contributed by atoms with van der Waals surface area (Å²) in [6.07, 6.45) is 10.7. The van der Waals surface area contributed by atoms with Gasteiger partial charge in [0, 0.05) is 88.6 Å². The molecule has 0 radical (unpaired) electrons. The molecule has 396 valence electrons. The molecule has 0 aliphatic carbocycles. The number of anilines is 9. The van der Waals surface area contributed by atoms with Gasteiger partial charge in [0.2, 0.25) is 17.1 Å². The average Bonchev–Trinajstić information content (AvgIpc) is 4.38. The minimum atomic E-state index is -0.811. The molecule has 3 aliphatic rings. The number of benzene rings is 3. The third-order valence-corrected chi connectivity index (χ3v) is 15.8. The quantitative estimate of drug-likeness (QED) is 0.162. The Bertz CT molecular complexity index is 4240. The maximum atomic E-state index is 8.67. The van der Waals surface area contributed by atoms with E-state index in [1.165, 1.54) is 5.56 Å². The Labute approximate surface area is 461 Å². The number of aromatic nitrogens is 6. The van der Waals surface area contributed by atoms with Crippen LogP contribution < -0.4 is 29.4 Å². The Kier molecular flexibility index (Phi) is 11.3. The van der Waals surface area contributed by atoms with E-state index in [9.17, 15) is 0 Å². The summed E-state index contributed by atoms with van der Waals surface area (Å²) in [5, 5.41) is 6.25. The second-order valence-electron chi connectivity index (χ2n) is 21.0. The zero-order chi connectivity index (χ0) is 56.4. The number of hydrogen-bond acceptors (Lipinski definition) is 15. The van der Waals surface area contributed by atoms with E-state index in [-0.39, 0.29) is 18.5 Å². The van der Waals surface area contributed by atoms with E-state index in [2.05, 4.69) is 159 Å². The van der Waals surface area contributed by atoms with Gasteiger partial charge in [-0.15, -0.1) is 0 Å². The van der Waals surface area contributed by atoms with Crippen molar-refractivity contribution in [3.05, 3.63) is 163 Å². The highest BCUT2D eigenvalue weighted by molar-refractivity contribution is 6.12. The monoisotopic (exact) mass is 1050 g/mol. The lowest BCUT2D eigenvalue weighted by Gasteiger charge is -2.33. The fraction of sp³-hybridized carbons (Fsp3) is 0.250. The summed E-state index contributed by atoms with van der Waals surface area (Å²) in [7, 11) is 2.08. The van der Waals surface area contributed by atoms with Crippen LogP contribution in [0.5, 0.6) is 0 Å². The van der Waals surface area contributed by atoms with Crippen molar-refractivity contribution in [2.45, 2.75) is 99.8 Å². The molecule has 79 heavy (non-hydrogen) atoms. The Hall–Kier alpha value is -9.24. The zero-order valence-corrected chi connectivity index (χ0v) is 46.2. The smallest absolute Gasteiger partial charge is 0.227 e. The molecule has 12 heterocycles. The van der Waals surface area contributed by atoms with E-state index in [4.69, 9.17) is 16.0 Å². The van der Waals surface area contributed by atoms with E-state index in [0.717, 1.165) is 112 Å². The molecule has 0 bridgehead atoms. The first-order valence-corrected chi connectivity index (χ1v) is 26.8. The third kappa shape index (κ3) is 7.68. The maximum absolute atomic E-state index is 8.67. The first kappa shape index (κ1) is 47.0. The fourth-order valence-electron chi connectivity index (χ4n) is 12.2. The van der Waals surface area contributed by atoms with Gasteiger partial charge < -0.3 is 42.7 Å². The molecular formula is C64H62N12O3. The first-order valence-electron chi connectivity index (χ1n) is 27.8. The SMILES string of the molecule is Cc1ccc2c(oc3ncccc32)c1N1c2cccnc2N(C)C1C.[2H]C(C)(C)N1c2ncccc2N(c2c(C)ccc3c2oc2ncccc23)C1C.[2H]C(C)(C)N1c2ncccc2N(c2c(C)ccc3c2oc2ncccc23)C1C. The number of nitrogens with zero attached hydrogens (tertiary/aromatic N) is 12. The first-order chi connectivity index (χ1) is 38.9. The summed E-state index contributed by atoms with van der Waals surface area (Å²) in [4.78, 5) is 40.0. The van der Waals surface area contributed by atoms with Gasteiger partial charge in [-0.3, -0.25) is 0 Å². The van der Waals surface area contributed by atoms with Crippen LogP contribution in [0.1, 0.15) is 67.9 Å². The van der Waals surface area contributed by atoms with Crippen LogP contribution in [0, 0.1) is 20.8 Å². The van der Waals surface area contributed by atoms with Crippen molar-refractivity contribution in [3.8, 4) is 0 Å². The van der Waals surface area contributed by atoms with Crippen LogP contribution in [-0.4, -0.2) is 67.5 Å². The minimum Gasteiger partial charge on any atom is -0.435 e. The van der Waals surface area contributed by atoms with Gasteiger partial charge in [-0.05, 0) is 159 Å². The molecule has 9 aromatic heterocycles. The average molecular weight is 1050 g/mol. The van der Waals surface area contributed by atoms with Crippen LogP contribution in [0.2, 0.25) is 0 Å². The Balaban J connectivity index is 0.000000115. The molecule has 0 saturated heterocycles. The van der Waals surface area contributed by atoms with Crippen LogP contribution in [0.4, 0.5) is 51.6 Å². The molecule has 0 spiro atoms. The van der Waals surface area contributed by atoms with Gasteiger partial charge in [-0.2, -0.15) is 0 Å². The molecule has 12 aromatic rings. The highest BCUT2D eigenvalue weighted by atomic mass is 16.3. The molecular weight excluding hydrogens is 985 g/mol. The molecule has 3 aromatic carbocycles. The predicted molar refractivity (Wildman–Crippen MR) is 320 cm³/mol. The Morgan fingerprint density at radius 2 is 0.696 bits per heavy atom. The van der Waals surface area contributed by atoms with E-state index in [0.29, 0.717) is 17.1 Å². The molecule has 3 unspecified atom stereocenters. The molecule has 3 atom stereocenters. The van der Waals surface area contributed by atoms with Gasteiger partial charge in [0.1, 0.15) is 18.5 Å². The molecule has 3 aliphatic heterocycles. The van der Waals surface area contributed by atoms with Crippen molar-refractivity contribution in [3.63, 3.8) is 0 Å². The van der Waals surface area contributed by atoms with Gasteiger partial charge in [0.25, 0.3) is 0 Å². The number of hydrogen-bond donors (Lipinski definition) is 0. The van der Waals surface area contributed by atoms with E-state index >= 15 is 0 Å². The van der Waals surface area contributed by atoms with Gasteiger partial charge in [0.05, 0.1) is 36.9 Å². The largest absolute Gasteiger partial charge is 0.435 e. The van der Waals surface area contributed by atoms with Crippen molar-refractivity contribution >= 4 is 118 Å². The van der Waals surface area contributed by atoms with Crippen molar-refractivity contribution < 1.29 is 16.0 Å². The minimum absolute atomic E-state index is 0.0807. The van der Waals surface area contributed by atoms with Gasteiger partial charge >= 0.3 is 0 Å². The van der Waals surface area contributed by atoms with Crippen LogP contribution in [-0.2, 0) is 0 Å². The van der Waals surface area contributed by atoms with E-state index < -0.39 is 12.0 Å². The summed E-state index contributed by atoms with van der Waals surface area (Å²) >= 11 is 0. The summed E-state index contributed by atoms with van der Waals surface area (Å²) in [5.41, 5.74) is 14.0. The van der Waals surface area contributed by atoms with Crippen LogP contribution in [0.25, 0.3) is 66.2 Å². The predicted octanol–water partition coefficient (Wildman–Crippen LogP) is 15.4. The van der Waals surface area contributed by atoms with Gasteiger partial charge in [-0.25, -0.2) is 29.9 Å². The number of furan rings is 3. The van der Waals surface area contributed by atoms with Crippen LogP contribution in [0.15, 0.2) is 160 Å². The standard InChI is InChI=1S/2C22H22N4O.C20H18N4O/c2*1-13(2)25-15(4)26(18-8-6-11-23-21(18)25)19-14(3)9-10-16-17-7-5-12-24-22(17)27-20(16)19;1-12-8-9-14-15-6-4-11-22-20(15)25-18(14)17(12)24-13(2)23(3)19-16(24)7-5-10-21-19/h2*5-13,15H,1-4H3;4-11,13H,1-3H3/i2*13D;. The van der Waals surface area contributed by atoms with E-state index in [1.54, 1.807) is 31.0 Å². The zero-order valence-electron chi connectivity index (χ0n) is 48.2. The number of fused-ring (bicyclic) bond motifs is 12. The van der Waals surface area contributed by atoms with Crippen LogP contribution in [0.3, 0.4) is 0 Å². The second kappa shape index (κ2) is 19.0. The fourth-order valence-corrected chi connectivity index (χ4v) is 12.2.